The van der Waals surface area contributed by atoms with Gasteiger partial charge in [0.2, 0.25) is 9.84 Å². The lowest BCUT2D eigenvalue weighted by molar-refractivity contribution is -0.377. The van der Waals surface area contributed by atoms with E-state index in [1.807, 2.05) is 6.92 Å². The highest BCUT2D eigenvalue weighted by molar-refractivity contribution is 7.91. The zero-order valence-electron chi connectivity index (χ0n) is 22.7. The molecule has 1 aliphatic carbocycles. The summed E-state index contributed by atoms with van der Waals surface area (Å²) in [5.74, 6) is -0.681. The van der Waals surface area contributed by atoms with Crippen LogP contribution >= 0.6 is 34.5 Å². The molecule has 2 aromatic heterocycles. The van der Waals surface area contributed by atoms with Crippen molar-refractivity contribution in [2.75, 3.05) is 6.61 Å². The maximum absolute atomic E-state index is 13.6. The SMILES string of the molecule is Cc1ccc(S(=O)(=O)c2ccsc2C(=O)O[C@@H](Cc2c(Cl)c[nH+]cc2Cl)c2ccc(OC(F)F)c(OCC3CC3)c2)cc1. The molecule has 0 amide bonds. The second-order valence-corrected chi connectivity index (χ2v) is 13.6. The van der Waals surface area contributed by atoms with E-state index in [2.05, 4.69) is 9.72 Å². The summed E-state index contributed by atoms with van der Waals surface area (Å²) in [6.07, 6.45) is 3.89. The molecule has 43 heavy (non-hydrogen) atoms. The van der Waals surface area contributed by atoms with Gasteiger partial charge in [-0.05, 0) is 67.0 Å². The third-order valence-electron chi connectivity index (χ3n) is 6.80. The number of hydrogen-bond donors (Lipinski definition) is 0. The van der Waals surface area contributed by atoms with E-state index in [-0.39, 0.29) is 42.6 Å². The van der Waals surface area contributed by atoms with E-state index in [1.54, 1.807) is 12.1 Å². The number of carbonyl (C=O) groups excluding carboxylic acids is 1. The maximum atomic E-state index is 13.6. The van der Waals surface area contributed by atoms with Crippen LogP contribution in [-0.4, -0.2) is 27.6 Å². The molecule has 1 fully saturated rings. The van der Waals surface area contributed by atoms with Gasteiger partial charge in [-0.3, -0.25) is 0 Å². The molecule has 0 bridgehead atoms. The van der Waals surface area contributed by atoms with Gasteiger partial charge >= 0.3 is 12.6 Å². The Hall–Kier alpha value is -3.25. The average Bonchev–Trinajstić information content (AvgIpc) is 3.65. The number of nitrogens with one attached hydrogen (secondary N) is 1. The number of alkyl halides is 2. The highest BCUT2D eigenvalue weighted by atomic mass is 35.5. The Morgan fingerprint density at radius 1 is 1.05 bits per heavy atom. The zero-order chi connectivity index (χ0) is 30.7. The molecule has 5 rings (SSSR count). The molecule has 0 saturated heterocycles. The van der Waals surface area contributed by atoms with Crippen LogP contribution in [-0.2, 0) is 21.0 Å². The van der Waals surface area contributed by atoms with E-state index >= 15 is 0 Å². The predicted molar refractivity (Wildman–Crippen MR) is 157 cm³/mol. The number of halogens is 4. The number of benzene rings is 2. The van der Waals surface area contributed by atoms with Crippen molar-refractivity contribution in [2.45, 2.75) is 48.7 Å². The van der Waals surface area contributed by atoms with Crippen LogP contribution in [0.25, 0.3) is 0 Å². The number of aromatic amines is 1. The Morgan fingerprint density at radius 3 is 2.40 bits per heavy atom. The Kier molecular flexibility index (Phi) is 9.55. The molecule has 1 saturated carbocycles. The summed E-state index contributed by atoms with van der Waals surface area (Å²) in [5, 5.41) is 2.04. The first-order valence-electron chi connectivity index (χ1n) is 13.2. The largest absolute Gasteiger partial charge is 0.489 e. The maximum Gasteiger partial charge on any atom is 0.387 e. The van der Waals surface area contributed by atoms with Crippen LogP contribution in [0.2, 0.25) is 10.0 Å². The molecule has 4 aromatic rings. The second kappa shape index (κ2) is 13.2. The van der Waals surface area contributed by atoms with E-state index in [4.69, 9.17) is 32.7 Å². The zero-order valence-corrected chi connectivity index (χ0v) is 25.8. The fourth-order valence-electron chi connectivity index (χ4n) is 4.29. The van der Waals surface area contributed by atoms with Gasteiger partial charge in [-0.2, -0.15) is 8.78 Å². The first kappa shape index (κ1) is 31.2. The molecule has 226 valence electrons. The summed E-state index contributed by atoms with van der Waals surface area (Å²) >= 11 is 13.7. The molecule has 2 heterocycles. The van der Waals surface area contributed by atoms with Crippen molar-refractivity contribution in [1.29, 1.82) is 0 Å². The van der Waals surface area contributed by atoms with Crippen molar-refractivity contribution in [2.24, 2.45) is 5.92 Å². The normalized spacial score (nSPS) is 14.0. The van der Waals surface area contributed by atoms with Gasteiger partial charge in [0.1, 0.15) is 21.0 Å². The molecule has 0 spiro atoms. The summed E-state index contributed by atoms with van der Waals surface area (Å²) in [5.41, 5.74) is 1.71. The van der Waals surface area contributed by atoms with Crippen LogP contribution in [0, 0.1) is 12.8 Å². The quantitative estimate of drug-likeness (QED) is 0.145. The minimum absolute atomic E-state index is 0.0133. The van der Waals surface area contributed by atoms with Gasteiger partial charge in [-0.1, -0.05) is 47.0 Å². The van der Waals surface area contributed by atoms with Crippen LogP contribution in [0.3, 0.4) is 0 Å². The Balaban J connectivity index is 1.50. The van der Waals surface area contributed by atoms with E-state index in [0.29, 0.717) is 23.7 Å². The van der Waals surface area contributed by atoms with Gasteiger partial charge < -0.3 is 14.2 Å². The number of pyridine rings is 1. The number of hydrogen-bond acceptors (Lipinski definition) is 7. The topological polar surface area (TPSA) is 93.0 Å². The van der Waals surface area contributed by atoms with Crippen LogP contribution in [0.5, 0.6) is 11.5 Å². The van der Waals surface area contributed by atoms with E-state index in [1.165, 1.54) is 54.2 Å². The lowest BCUT2D eigenvalue weighted by atomic mass is 10.0. The number of thiophene rings is 1. The lowest BCUT2D eigenvalue weighted by Crippen LogP contribution is -2.17. The molecule has 0 unspecified atom stereocenters. The van der Waals surface area contributed by atoms with Gasteiger partial charge in [0.15, 0.2) is 23.9 Å². The fourth-order valence-corrected chi connectivity index (χ4v) is 7.38. The van der Waals surface area contributed by atoms with Gasteiger partial charge in [0, 0.05) is 12.0 Å². The summed E-state index contributed by atoms with van der Waals surface area (Å²) in [6, 6.07) is 11.9. The minimum Gasteiger partial charge on any atom is -0.489 e. The fraction of sp³-hybridized carbons (Fsp3) is 0.267. The molecule has 1 aliphatic rings. The third-order valence-corrected chi connectivity index (χ3v) is 10.3. The molecule has 0 radical (unpaired) electrons. The molecule has 1 atom stereocenters. The highest BCUT2D eigenvalue weighted by Gasteiger charge is 2.30. The van der Waals surface area contributed by atoms with Gasteiger partial charge in [-0.15, -0.1) is 11.3 Å². The second-order valence-electron chi connectivity index (χ2n) is 10.00. The van der Waals surface area contributed by atoms with Crippen molar-refractivity contribution in [3.8, 4) is 11.5 Å². The van der Waals surface area contributed by atoms with Crippen molar-refractivity contribution in [3.05, 3.63) is 97.9 Å². The van der Waals surface area contributed by atoms with Crippen LogP contribution < -0.4 is 14.5 Å². The number of esters is 1. The minimum atomic E-state index is -4.04. The Morgan fingerprint density at radius 2 is 1.74 bits per heavy atom. The lowest BCUT2D eigenvalue weighted by Gasteiger charge is -2.21. The molecule has 1 N–H and O–H groups in total. The van der Waals surface area contributed by atoms with Crippen LogP contribution in [0.15, 0.2) is 76.1 Å². The van der Waals surface area contributed by atoms with Crippen molar-refractivity contribution in [3.63, 3.8) is 0 Å². The summed E-state index contributed by atoms with van der Waals surface area (Å²) < 4.78 is 69.5. The van der Waals surface area contributed by atoms with E-state index in [0.717, 1.165) is 29.7 Å². The highest BCUT2D eigenvalue weighted by Crippen LogP contribution is 2.39. The number of ether oxygens (including phenoxy) is 3. The van der Waals surface area contributed by atoms with E-state index < -0.39 is 28.5 Å². The summed E-state index contributed by atoms with van der Waals surface area (Å²) in [7, 11) is -4.04. The molecule has 2 aromatic carbocycles. The van der Waals surface area contributed by atoms with Crippen molar-refractivity contribution in [1.82, 2.24) is 0 Å². The summed E-state index contributed by atoms with van der Waals surface area (Å²) in [4.78, 5) is 16.2. The molecular weight excluding hydrogens is 643 g/mol. The standard InChI is InChI=1S/C30H25Cl2F2NO6S2/c1-17-2-7-20(8-3-17)43(37,38)27-10-11-42-28(27)29(36)40-25(13-21-22(31)14-35-15-23(21)32)19-6-9-24(41-30(33)34)26(12-19)39-16-18-4-5-18/h2-3,6-12,14-15,18,25,30H,4-5,13,16H2,1H3/p+1/t25-/m0/s1. The van der Waals surface area contributed by atoms with Gasteiger partial charge in [-0.25, -0.2) is 18.2 Å². The van der Waals surface area contributed by atoms with Crippen LogP contribution in [0.1, 0.15) is 45.3 Å². The van der Waals surface area contributed by atoms with Crippen molar-refractivity contribution >= 4 is 50.3 Å². The predicted octanol–water partition coefficient (Wildman–Crippen LogP) is 7.54. The van der Waals surface area contributed by atoms with Crippen LogP contribution in [0.4, 0.5) is 8.78 Å². The molecular formula is C30H26Cl2F2NO6S2+. The first-order chi connectivity index (χ1) is 20.5. The van der Waals surface area contributed by atoms with Gasteiger partial charge in [0.25, 0.3) is 0 Å². The molecule has 13 heteroatoms. The number of sulfone groups is 1. The number of rotatable bonds is 12. The monoisotopic (exact) mass is 668 g/mol. The summed E-state index contributed by atoms with van der Waals surface area (Å²) in [6.45, 7) is -0.926. The van der Waals surface area contributed by atoms with E-state index in [9.17, 15) is 22.0 Å². The number of aromatic nitrogens is 1. The first-order valence-corrected chi connectivity index (χ1v) is 16.3. The Bertz CT molecular complexity index is 1710. The third kappa shape index (κ3) is 7.46. The number of aryl methyl sites for hydroxylation is 1. The molecule has 7 nitrogen and oxygen atoms in total. The van der Waals surface area contributed by atoms with Crippen molar-refractivity contribution < 1.29 is 41.2 Å². The molecule has 0 aliphatic heterocycles. The Labute approximate surface area is 261 Å². The smallest absolute Gasteiger partial charge is 0.387 e. The average molecular weight is 670 g/mol. The number of carbonyl (C=O) groups is 1. The van der Waals surface area contributed by atoms with Gasteiger partial charge in [0.05, 0.1) is 16.4 Å². The number of H-pyrrole nitrogens is 1.